The van der Waals surface area contributed by atoms with E-state index in [0.717, 1.165) is 22.6 Å². The topological polar surface area (TPSA) is 105 Å². The number of halogens is 3. The van der Waals surface area contributed by atoms with E-state index in [2.05, 4.69) is 5.10 Å². The Labute approximate surface area is 231 Å². The zero-order valence-corrected chi connectivity index (χ0v) is 21.8. The van der Waals surface area contributed by atoms with Gasteiger partial charge in [0.2, 0.25) is 0 Å². The summed E-state index contributed by atoms with van der Waals surface area (Å²) in [6.45, 7) is -0.0489. The fourth-order valence-electron chi connectivity index (χ4n) is 4.92. The molecular formula is C29H26F3N5O4. The standard InChI is InChI=1S/C29H26F3N5O4/c30-29(31,32)24-12-5-4-9-22(24)19-34-18-21(17-33-34)13-14-25-26(37(40)41)27(38)36(23-10-6-11-23)28(39)35(25)16-15-20-7-2-1-3-8-20/h1-5,7-9,12-14,17-18,23H,6,10-11,15-16,19H2/b14-13+. The Hall–Kier alpha value is -4.74. The van der Waals surface area contributed by atoms with Crippen molar-refractivity contribution < 1.29 is 18.1 Å². The number of aromatic nitrogens is 4. The van der Waals surface area contributed by atoms with E-state index in [-0.39, 0.29) is 30.4 Å². The molecule has 5 rings (SSSR count). The van der Waals surface area contributed by atoms with E-state index >= 15 is 0 Å². The molecule has 0 amide bonds. The molecule has 0 spiro atoms. The van der Waals surface area contributed by atoms with Crippen LogP contribution in [0, 0.1) is 10.1 Å². The first-order chi connectivity index (χ1) is 19.6. The van der Waals surface area contributed by atoms with Crippen molar-refractivity contribution in [2.75, 3.05) is 0 Å². The van der Waals surface area contributed by atoms with Crippen molar-refractivity contribution in [3.63, 3.8) is 0 Å². The third-order valence-corrected chi connectivity index (χ3v) is 7.22. The highest BCUT2D eigenvalue weighted by Gasteiger charge is 2.33. The molecule has 0 unspecified atom stereocenters. The number of benzene rings is 2. The van der Waals surface area contributed by atoms with Crippen LogP contribution in [0.5, 0.6) is 0 Å². The number of hydrogen-bond donors (Lipinski definition) is 0. The predicted octanol–water partition coefficient (Wildman–Crippen LogP) is 5.32. The van der Waals surface area contributed by atoms with E-state index in [9.17, 15) is 32.9 Å². The summed E-state index contributed by atoms with van der Waals surface area (Å²) in [6, 6.07) is 14.1. The van der Waals surface area contributed by atoms with Crippen LogP contribution in [0.2, 0.25) is 0 Å². The number of hydrogen-bond acceptors (Lipinski definition) is 5. The largest absolute Gasteiger partial charge is 0.416 e. The van der Waals surface area contributed by atoms with Gasteiger partial charge in [0.1, 0.15) is 5.69 Å². The van der Waals surface area contributed by atoms with Gasteiger partial charge in [-0.3, -0.25) is 28.7 Å². The Morgan fingerprint density at radius 3 is 2.39 bits per heavy atom. The van der Waals surface area contributed by atoms with Crippen LogP contribution in [-0.2, 0) is 25.7 Å². The molecule has 0 aliphatic heterocycles. The van der Waals surface area contributed by atoms with Gasteiger partial charge in [-0.1, -0.05) is 48.5 Å². The van der Waals surface area contributed by atoms with Gasteiger partial charge < -0.3 is 0 Å². The minimum absolute atomic E-state index is 0.0311. The molecule has 1 aliphatic rings. The molecule has 1 aliphatic carbocycles. The van der Waals surface area contributed by atoms with E-state index in [1.807, 2.05) is 30.3 Å². The maximum atomic E-state index is 13.5. The van der Waals surface area contributed by atoms with E-state index < -0.39 is 33.6 Å². The number of rotatable bonds is 9. The summed E-state index contributed by atoms with van der Waals surface area (Å²) in [6.07, 6.45) is 3.54. The van der Waals surface area contributed by atoms with Gasteiger partial charge in [-0.2, -0.15) is 18.3 Å². The first-order valence-electron chi connectivity index (χ1n) is 13.1. The second-order valence-corrected chi connectivity index (χ2v) is 9.88. The van der Waals surface area contributed by atoms with Crippen molar-refractivity contribution in [2.24, 2.45) is 0 Å². The first kappa shape index (κ1) is 27.8. The van der Waals surface area contributed by atoms with E-state index in [1.165, 1.54) is 52.0 Å². The SMILES string of the molecule is O=c1c([N+](=O)[O-])c(/C=C/c2cnn(Cc3ccccc3C(F)(F)F)c2)n(CCc2ccccc2)c(=O)n1C1CCC1. The van der Waals surface area contributed by atoms with Gasteiger partial charge in [-0.15, -0.1) is 0 Å². The average Bonchev–Trinajstić information content (AvgIpc) is 3.35. The average molecular weight is 566 g/mol. The number of aryl methyl sites for hydroxylation is 1. The smallest absolute Gasteiger partial charge is 0.287 e. The minimum Gasteiger partial charge on any atom is -0.287 e. The van der Waals surface area contributed by atoms with E-state index in [1.54, 1.807) is 0 Å². The summed E-state index contributed by atoms with van der Waals surface area (Å²) in [7, 11) is 0. The molecule has 12 heteroatoms. The lowest BCUT2D eigenvalue weighted by Gasteiger charge is -2.27. The van der Waals surface area contributed by atoms with Gasteiger partial charge in [-0.05, 0) is 55.0 Å². The molecule has 0 bridgehead atoms. The van der Waals surface area contributed by atoms with Crippen molar-refractivity contribution in [3.05, 3.63) is 126 Å². The van der Waals surface area contributed by atoms with E-state index in [0.29, 0.717) is 24.8 Å². The normalized spacial score (nSPS) is 13.9. The van der Waals surface area contributed by atoms with Crippen LogP contribution < -0.4 is 11.2 Å². The van der Waals surface area contributed by atoms with Gasteiger partial charge >= 0.3 is 23.1 Å². The molecule has 0 atom stereocenters. The summed E-state index contributed by atoms with van der Waals surface area (Å²) in [5.41, 5.74) is -1.80. The van der Waals surface area contributed by atoms with Crippen molar-refractivity contribution in [1.82, 2.24) is 18.9 Å². The molecule has 41 heavy (non-hydrogen) atoms. The Kier molecular flexibility index (Phi) is 7.73. The van der Waals surface area contributed by atoms with Gasteiger partial charge in [0, 0.05) is 24.3 Å². The molecule has 0 saturated heterocycles. The summed E-state index contributed by atoms with van der Waals surface area (Å²) >= 11 is 0. The van der Waals surface area contributed by atoms with Gasteiger partial charge in [0.25, 0.3) is 0 Å². The Morgan fingerprint density at radius 1 is 1.02 bits per heavy atom. The lowest BCUT2D eigenvalue weighted by molar-refractivity contribution is -0.387. The fourth-order valence-corrected chi connectivity index (χ4v) is 4.92. The van der Waals surface area contributed by atoms with Crippen LogP contribution >= 0.6 is 0 Å². The highest BCUT2D eigenvalue weighted by molar-refractivity contribution is 5.71. The number of nitrogens with zero attached hydrogens (tertiary/aromatic N) is 5. The Morgan fingerprint density at radius 2 is 1.73 bits per heavy atom. The molecule has 2 aromatic heterocycles. The molecule has 0 radical (unpaired) electrons. The highest BCUT2D eigenvalue weighted by atomic mass is 19.4. The molecule has 0 N–H and O–H groups in total. The summed E-state index contributed by atoms with van der Waals surface area (Å²) in [4.78, 5) is 38.1. The Bertz CT molecular complexity index is 1720. The maximum absolute atomic E-state index is 13.5. The summed E-state index contributed by atoms with van der Waals surface area (Å²) < 4.78 is 43.8. The lowest BCUT2D eigenvalue weighted by atomic mass is 9.93. The van der Waals surface area contributed by atoms with Crippen molar-refractivity contribution in [3.8, 4) is 0 Å². The quantitative estimate of drug-likeness (QED) is 0.202. The molecule has 9 nitrogen and oxygen atoms in total. The Balaban J connectivity index is 1.52. The summed E-state index contributed by atoms with van der Waals surface area (Å²) in [5.74, 6) is 0. The molecular weight excluding hydrogens is 539 g/mol. The highest BCUT2D eigenvalue weighted by Crippen LogP contribution is 2.32. The molecule has 2 heterocycles. The van der Waals surface area contributed by atoms with Crippen LogP contribution in [0.15, 0.2) is 76.6 Å². The predicted molar refractivity (Wildman–Crippen MR) is 146 cm³/mol. The third-order valence-electron chi connectivity index (χ3n) is 7.22. The van der Waals surface area contributed by atoms with Crippen LogP contribution in [0.3, 0.4) is 0 Å². The third kappa shape index (κ3) is 5.91. The second kappa shape index (κ2) is 11.4. The first-order valence-corrected chi connectivity index (χ1v) is 13.1. The van der Waals surface area contributed by atoms with Crippen molar-refractivity contribution in [2.45, 2.75) is 51.0 Å². The lowest BCUT2D eigenvalue weighted by Crippen LogP contribution is -2.46. The molecule has 1 fully saturated rings. The molecule has 4 aromatic rings. The second-order valence-electron chi connectivity index (χ2n) is 9.88. The zero-order valence-electron chi connectivity index (χ0n) is 21.8. The zero-order chi connectivity index (χ0) is 29.1. The molecule has 2 aromatic carbocycles. The van der Waals surface area contributed by atoms with Crippen LogP contribution in [0.1, 0.15) is 53.3 Å². The minimum atomic E-state index is -4.52. The number of nitro groups is 1. The van der Waals surface area contributed by atoms with Gasteiger partial charge in [0.05, 0.1) is 23.2 Å². The van der Waals surface area contributed by atoms with Gasteiger partial charge in [-0.25, -0.2) is 4.79 Å². The van der Waals surface area contributed by atoms with Crippen molar-refractivity contribution in [1.29, 1.82) is 0 Å². The van der Waals surface area contributed by atoms with Crippen LogP contribution in [-0.4, -0.2) is 23.8 Å². The van der Waals surface area contributed by atoms with Crippen LogP contribution in [0.4, 0.5) is 18.9 Å². The van der Waals surface area contributed by atoms with E-state index in [4.69, 9.17) is 0 Å². The molecule has 1 saturated carbocycles. The van der Waals surface area contributed by atoms with Crippen molar-refractivity contribution >= 4 is 17.8 Å². The molecule has 212 valence electrons. The summed E-state index contributed by atoms with van der Waals surface area (Å²) in [5, 5.41) is 16.3. The van der Waals surface area contributed by atoms with Gasteiger partial charge in [0.15, 0.2) is 0 Å². The van der Waals surface area contributed by atoms with Crippen LogP contribution in [0.25, 0.3) is 12.2 Å². The monoisotopic (exact) mass is 565 g/mol. The number of alkyl halides is 3. The fraction of sp³-hybridized carbons (Fsp3) is 0.276. The maximum Gasteiger partial charge on any atom is 0.416 e.